The lowest BCUT2D eigenvalue weighted by Crippen LogP contribution is -2.06. The lowest BCUT2D eigenvalue weighted by molar-refractivity contribution is -0.132. The van der Waals surface area contributed by atoms with Crippen LogP contribution in [0.4, 0.5) is 0 Å². The van der Waals surface area contributed by atoms with Crippen LogP contribution in [0.1, 0.15) is 12.0 Å². The number of rotatable bonds is 2. The zero-order valence-corrected chi connectivity index (χ0v) is 10.5. The van der Waals surface area contributed by atoms with Gasteiger partial charge in [-0.15, -0.1) is 0 Å². The molecule has 0 saturated heterocycles. The topological polar surface area (TPSA) is 80.7 Å². The monoisotopic (exact) mass is 268 g/mol. The van der Waals surface area contributed by atoms with Crippen molar-refractivity contribution in [3.05, 3.63) is 29.3 Å². The van der Waals surface area contributed by atoms with Gasteiger partial charge < -0.3 is 9.84 Å². The van der Waals surface area contributed by atoms with Gasteiger partial charge in [0.2, 0.25) is 0 Å². The average Bonchev–Trinajstić information content (AvgIpc) is 2.48. The second-order valence-corrected chi connectivity index (χ2v) is 6.00. The second-order valence-electron chi connectivity index (χ2n) is 4.02. The molecule has 1 heterocycles. The molecule has 0 aliphatic carbocycles. The summed E-state index contributed by atoms with van der Waals surface area (Å²) >= 11 is 0. The highest BCUT2D eigenvalue weighted by atomic mass is 32.2. The fourth-order valence-electron chi connectivity index (χ4n) is 1.78. The molecule has 0 radical (unpaired) electrons. The van der Waals surface area contributed by atoms with Crippen LogP contribution >= 0.6 is 0 Å². The normalized spacial score (nSPS) is 15.1. The van der Waals surface area contributed by atoms with Gasteiger partial charge >= 0.3 is 5.97 Å². The van der Waals surface area contributed by atoms with Crippen LogP contribution < -0.4 is 4.74 Å². The van der Waals surface area contributed by atoms with Gasteiger partial charge in [-0.2, -0.15) is 0 Å². The van der Waals surface area contributed by atoms with Crippen molar-refractivity contribution in [2.24, 2.45) is 0 Å². The van der Waals surface area contributed by atoms with E-state index in [1.807, 2.05) is 0 Å². The van der Waals surface area contributed by atoms with E-state index in [0.717, 1.165) is 6.26 Å². The maximum atomic E-state index is 11.6. The highest BCUT2D eigenvalue weighted by Crippen LogP contribution is 2.32. The molecule has 1 aromatic rings. The van der Waals surface area contributed by atoms with Gasteiger partial charge in [0.25, 0.3) is 0 Å². The molecule has 6 heteroatoms. The van der Waals surface area contributed by atoms with Crippen LogP contribution in [0.2, 0.25) is 0 Å². The van der Waals surface area contributed by atoms with Gasteiger partial charge in [-0.25, -0.2) is 13.2 Å². The van der Waals surface area contributed by atoms with Gasteiger partial charge in [-0.1, -0.05) is 12.1 Å². The van der Waals surface area contributed by atoms with Crippen molar-refractivity contribution in [1.29, 1.82) is 0 Å². The molecule has 0 saturated carbocycles. The third-order valence-corrected chi connectivity index (χ3v) is 3.75. The van der Waals surface area contributed by atoms with Crippen LogP contribution in [0.3, 0.4) is 0 Å². The van der Waals surface area contributed by atoms with Crippen molar-refractivity contribution in [1.82, 2.24) is 0 Å². The number of sulfone groups is 1. The number of para-hydroxylation sites is 1. The molecular formula is C12H12O5S. The molecule has 0 fully saturated rings. The highest BCUT2D eigenvalue weighted by Gasteiger charge is 2.21. The summed E-state index contributed by atoms with van der Waals surface area (Å²) in [4.78, 5) is 11.0. The number of carbonyl (C=O) groups is 1. The van der Waals surface area contributed by atoms with Gasteiger partial charge in [-0.3, -0.25) is 0 Å². The second kappa shape index (κ2) is 4.45. The number of benzene rings is 1. The Bertz CT molecular complexity index is 628. The number of fused-ring (bicyclic) bond motifs is 1. The Morgan fingerprint density at radius 2 is 2.11 bits per heavy atom. The molecule has 1 aliphatic heterocycles. The maximum absolute atomic E-state index is 11.6. The number of carboxylic acids is 1. The van der Waals surface area contributed by atoms with E-state index in [1.54, 1.807) is 12.1 Å². The van der Waals surface area contributed by atoms with Gasteiger partial charge in [-0.05, 0) is 12.1 Å². The van der Waals surface area contributed by atoms with E-state index < -0.39 is 15.8 Å². The summed E-state index contributed by atoms with van der Waals surface area (Å²) < 4.78 is 28.6. The minimum atomic E-state index is -3.40. The number of aliphatic carboxylic acids is 1. The highest BCUT2D eigenvalue weighted by molar-refractivity contribution is 7.90. The van der Waals surface area contributed by atoms with Crippen molar-refractivity contribution in [3.63, 3.8) is 0 Å². The third-order valence-electron chi connectivity index (χ3n) is 2.63. The number of hydrogen-bond donors (Lipinski definition) is 1. The summed E-state index contributed by atoms with van der Waals surface area (Å²) in [6.45, 7) is 0.150. The van der Waals surface area contributed by atoms with E-state index >= 15 is 0 Å². The Balaban J connectivity index is 2.63. The van der Waals surface area contributed by atoms with Gasteiger partial charge in [0.15, 0.2) is 9.84 Å². The fourth-order valence-corrected chi connectivity index (χ4v) is 2.62. The van der Waals surface area contributed by atoms with E-state index in [4.69, 9.17) is 9.84 Å². The van der Waals surface area contributed by atoms with Gasteiger partial charge in [0.1, 0.15) is 10.6 Å². The van der Waals surface area contributed by atoms with Crippen LogP contribution in [-0.2, 0) is 14.6 Å². The van der Waals surface area contributed by atoms with Crippen LogP contribution in [0, 0.1) is 0 Å². The lowest BCUT2D eigenvalue weighted by atomic mass is 10.1. The SMILES string of the molecule is CS(=O)(=O)c1cccc2c1OCCC(C(=O)O)=C2. The van der Waals surface area contributed by atoms with Crippen molar-refractivity contribution in [2.45, 2.75) is 11.3 Å². The first-order valence-corrected chi connectivity index (χ1v) is 7.18. The Labute approximate surface area is 105 Å². The van der Waals surface area contributed by atoms with E-state index in [2.05, 4.69) is 0 Å². The molecule has 96 valence electrons. The minimum absolute atomic E-state index is 0.0860. The molecule has 0 aromatic heterocycles. The molecule has 1 aromatic carbocycles. The Morgan fingerprint density at radius 1 is 1.39 bits per heavy atom. The predicted octanol–water partition coefficient (Wildman–Crippen LogP) is 1.34. The van der Waals surface area contributed by atoms with Crippen molar-refractivity contribution in [3.8, 4) is 5.75 Å². The molecular weight excluding hydrogens is 256 g/mol. The lowest BCUT2D eigenvalue weighted by Gasteiger charge is -2.10. The molecule has 5 nitrogen and oxygen atoms in total. The molecule has 1 N–H and O–H groups in total. The number of carboxylic acid groups (broad SMARTS) is 1. The van der Waals surface area contributed by atoms with E-state index in [-0.39, 0.29) is 29.2 Å². The van der Waals surface area contributed by atoms with Crippen molar-refractivity contribution < 1.29 is 23.1 Å². The maximum Gasteiger partial charge on any atom is 0.331 e. The fraction of sp³-hybridized carbons (Fsp3) is 0.250. The largest absolute Gasteiger partial charge is 0.491 e. The molecule has 2 rings (SSSR count). The third kappa shape index (κ3) is 2.38. The first kappa shape index (κ1) is 12.6. The van der Waals surface area contributed by atoms with E-state index in [0.29, 0.717) is 5.56 Å². The summed E-state index contributed by atoms with van der Waals surface area (Å²) in [5, 5.41) is 8.98. The van der Waals surface area contributed by atoms with Crippen molar-refractivity contribution in [2.75, 3.05) is 12.9 Å². The Kier molecular flexibility index (Phi) is 3.13. The summed E-state index contributed by atoms with van der Waals surface area (Å²) in [5.41, 5.74) is 0.687. The summed E-state index contributed by atoms with van der Waals surface area (Å²) in [6.07, 6.45) is 2.80. The van der Waals surface area contributed by atoms with E-state index in [9.17, 15) is 13.2 Å². The Morgan fingerprint density at radius 3 is 2.72 bits per heavy atom. The summed E-state index contributed by atoms with van der Waals surface area (Å²) in [6, 6.07) is 4.66. The molecule has 18 heavy (non-hydrogen) atoms. The number of ether oxygens (including phenoxy) is 1. The average molecular weight is 268 g/mol. The zero-order chi connectivity index (χ0) is 13.3. The first-order valence-electron chi connectivity index (χ1n) is 5.29. The first-order chi connectivity index (χ1) is 8.39. The molecule has 0 amide bonds. The smallest absolute Gasteiger partial charge is 0.331 e. The van der Waals surface area contributed by atoms with Crippen LogP contribution in [0.25, 0.3) is 6.08 Å². The molecule has 0 bridgehead atoms. The molecule has 1 aliphatic rings. The van der Waals surface area contributed by atoms with Crippen molar-refractivity contribution >= 4 is 21.9 Å². The number of hydrogen-bond acceptors (Lipinski definition) is 4. The van der Waals surface area contributed by atoms with Crippen LogP contribution in [0.5, 0.6) is 5.75 Å². The molecule has 0 atom stereocenters. The molecule has 0 spiro atoms. The Hall–Kier alpha value is -1.82. The summed E-state index contributed by atoms with van der Waals surface area (Å²) in [5.74, 6) is -0.785. The van der Waals surface area contributed by atoms with E-state index in [1.165, 1.54) is 12.1 Å². The standard InChI is InChI=1S/C12H12O5S/c1-18(15,16)10-4-2-3-8-7-9(12(13)14)5-6-17-11(8)10/h2-4,7H,5-6H2,1H3,(H,13,14). The van der Waals surface area contributed by atoms with Gasteiger partial charge in [0, 0.05) is 23.8 Å². The summed E-state index contributed by atoms with van der Waals surface area (Å²) in [7, 11) is -3.40. The zero-order valence-electron chi connectivity index (χ0n) is 9.71. The molecule has 0 unspecified atom stereocenters. The quantitative estimate of drug-likeness (QED) is 0.875. The van der Waals surface area contributed by atoms with Crippen LogP contribution in [0.15, 0.2) is 28.7 Å². The minimum Gasteiger partial charge on any atom is -0.491 e. The predicted molar refractivity (Wildman–Crippen MR) is 65.3 cm³/mol. The van der Waals surface area contributed by atoms with Crippen LogP contribution in [-0.4, -0.2) is 32.4 Å². The van der Waals surface area contributed by atoms with Gasteiger partial charge in [0.05, 0.1) is 6.61 Å².